The maximum atomic E-state index is 6.30. The zero-order valence-corrected chi connectivity index (χ0v) is 14.5. The third-order valence-corrected chi connectivity index (χ3v) is 4.29. The van der Waals surface area contributed by atoms with Crippen molar-refractivity contribution in [2.45, 2.75) is 6.92 Å². The van der Waals surface area contributed by atoms with Crippen molar-refractivity contribution in [1.82, 2.24) is 20.1 Å². The van der Waals surface area contributed by atoms with Gasteiger partial charge in [0.1, 0.15) is 23.6 Å². The molecule has 0 amide bonds. The molecular formula is C17H20N8O. The number of hydrogen-bond donors (Lipinski definition) is 2. The van der Waals surface area contributed by atoms with Crippen molar-refractivity contribution in [3.05, 3.63) is 42.5 Å². The Kier molecular flexibility index (Phi) is 4.26. The van der Waals surface area contributed by atoms with Gasteiger partial charge < -0.3 is 25.4 Å². The highest BCUT2D eigenvalue weighted by atomic mass is 16.5. The molecule has 3 N–H and O–H groups in total. The second-order valence-electron chi connectivity index (χ2n) is 6.07. The minimum atomic E-state index is 0.499. The van der Waals surface area contributed by atoms with E-state index in [1.807, 2.05) is 31.3 Å². The Bertz CT molecular complexity index is 873. The number of nitrogen functional groups attached to an aromatic ring is 1. The lowest BCUT2D eigenvalue weighted by Gasteiger charge is -2.36. The molecule has 1 fully saturated rings. The molecule has 9 heteroatoms. The molecule has 4 rings (SSSR count). The van der Waals surface area contributed by atoms with Gasteiger partial charge in [0.25, 0.3) is 0 Å². The van der Waals surface area contributed by atoms with Gasteiger partial charge in [0.05, 0.1) is 0 Å². The Morgan fingerprint density at radius 2 is 1.88 bits per heavy atom. The van der Waals surface area contributed by atoms with Crippen LogP contribution in [0.5, 0.6) is 0 Å². The molecule has 9 nitrogen and oxygen atoms in total. The summed E-state index contributed by atoms with van der Waals surface area (Å²) in [6.45, 7) is 5.14. The van der Waals surface area contributed by atoms with E-state index in [0.29, 0.717) is 23.1 Å². The molecule has 1 aliphatic rings. The zero-order chi connectivity index (χ0) is 17.9. The van der Waals surface area contributed by atoms with Crippen molar-refractivity contribution in [2.75, 3.05) is 47.0 Å². The number of nitrogens with zero attached hydrogens (tertiary/aromatic N) is 6. The van der Waals surface area contributed by atoms with Gasteiger partial charge in [0.2, 0.25) is 0 Å². The Hall–Kier alpha value is -3.36. The fourth-order valence-electron chi connectivity index (χ4n) is 2.97. The number of nitrogens with one attached hydrogen (secondary N) is 1. The van der Waals surface area contributed by atoms with Gasteiger partial charge in [-0.15, -0.1) is 0 Å². The molecule has 3 aromatic heterocycles. The van der Waals surface area contributed by atoms with E-state index in [9.17, 15) is 0 Å². The molecule has 1 saturated heterocycles. The van der Waals surface area contributed by atoms with Crippen molar-refractivity contribution in [3.63, 3.8) is 0 Å². The van der Waals surface area contributed by atoms with E-state index in [1.54, 1.807) is 6.07 Å². The molecule has 26 heavy (non-hydrogen) atoms. The first-order valence-electron chi connectivity index (χ1n) is 8.42. The van der Waals surface area contributed by atoms with Crippen LogP contribution in [0.1, 0.15) is 5.76 Å². The van der Waals surface area contributed by atoms with Gasteiger partial charge in [0, 0.05) is 38.4 Å². The van der Waals surface area contributed by atoms with Crippen molar-refractivity contribution in [2.24, 2.45) is 0 Å². The van der Waals surface area contributed by atoms with Crippen LogP contribution in [-0.2, 0) is 0 Å². The van der Waals surface area contributed by atoms with Crippen LogP contribution >= 0.6 is 0 Å². The maximum absolute atomic E-state index is 6.30. The molecule has 0 bridgehead atoms. The van der Waals surface area contributed by atoms with E-state index >= 15 is 0 Å². The fourth-order valence-corrected chi connectivity index (χ4v) is 2.97. The molecule has 0 spiro atoms. The van der Waals surface area contributed by atoms with Crippen LogP contribution in [0.15, 0.2) is 41.3 Å². The van der Waals surface area contributed by atoms with Crippen LogP contribution in [0, 0.1) is 6.92 Å². The second-order valence-corrected chi connectivity index (χ2v) is 6.07. The number of hydrogen-bond acceptors (Lipinski definition) is 9. The lowest BCUT2D eigenvalue weighted by atomic mass is 10.3. The summed E-state index contributed by atoms with van der Waals surface area (Å²) >= 11 is 0. The van der Waals surface area contributed by atoms with Crippen LogP contribution in [0.3, 0.4) is 0 Å². The first-order valence-corrected chi connectivity index (χ1v) is 8.42. The highest BCUT2D eigenvalue weighted by molar-refractivity contribution is 5.77. The molecule has 0 aliphatic carbocycles. The van der Waals surface area contributed by atoms with Gasteiger partial charge in [-0.3, -0.25) is 0 Å². The number of aromatic nitrogens is 4. The number of pyridine rings is 1. The molecule has 134 valence electrons. The highest BCUT2D eigenvalue weighted by Crippen LogP contribution is 2.29. The van der Waals surface area contributed by atoms with Gasteiger partial charge in [0.15, 0.2) is 17.5 Å². The summed E-state index contributed by atoms with van der Waals surface area (Å²) in [5, 5.41) is 6.99. The van der Waals surface area contributed by atoms with Gasteiger partial charge in [-0.25, -0.2) is 15.0 Å². The predicted octanol–water partition coefficient (Wildman–Crippen LogP) is 1.82. The Morgan fingerprint density at radius 1 is 1.08 bits per heavy atom. The quantitative estimate of drug-likeness (QED) is 0.726. The zero-order valence-electron chi connectivity index (χ0n) is 14.5. The van der Waals surface area contributed by atoms with Crippen molar-refractivity contribution in [1.29, 1.82) is 0 Å². The van der Waals surface area contributed by atoms with Gasteiger partial charge in [-0.2, -0.15) is 0 Å². The Labute approximate surface area is 150 Å². The van der Waals surface area contributed by atoms with E-state index < -0.39 is 0 Å². The number of rotatable bonds is 4. The van der Waals surface area contributed by atoms with E-state index in [2.05, 4.69) is 35.2 Å². The molecule has 0 saturated carbocycles. The number of anilines is 5. The molecule has 0 unspecified atom stereocenters. The highest BCUT2D eigenvalue weighted by Gasteiger charge is 2.22. The summed E-state index contributed by atoms with van der Waals surface area (Å²) in [6.07, 6.45) is 3.32. The van der Waals surface area contributed by atoms with E-state index in [0.717, 1.165) is 37.8 Å². The van der Waals surface area contributed by atoms with Crippen molar-refractivity contribution >= 4 is 29.0 Å². The SMILES string of the molecule is Cc1cc(Nc2ncnc(N3CCN(c4ccccn4)CC3)c2N)no1. The molecular weight excluding hydrogens is 332 g/mol. The Balaban J connectivity index is 1.47. The molecule has 0 radical (unpaired) electrons. The smallest absolute Gasteiger partial charge is 0.175 e. The average Bonchev–Trinajstić information content (AvgIpc) is 3.09. The lowest BCUT2D eigenvalue weighted by Crippen LogP contribution is -2.47. The molecule has 3 aromatic rings. The van der Waals surface area contributed by atoms with Crippen molar-refractivity contribution in [3.8, 4) is 0 Å². The van der Waals surface area contributed by atoms with Crippen LogP contribution in [-0.4, -0.2) is 46.3 Å². The van der Waals surface area contributed by atoms with E-state index in [1.165, 1.54) is 6.33 Å². The van der Waals surface area contributed by atoms with Gasteiger partial charge in [-0.1, -0.05) is 11.2 Å². The molecule has 0 aromatic carbocycles. The predicted molar refractivity (Wildman–Crippen MR) is 99.6 cm³/mol. The third-order valence-electron chi connectivity index (χ3n) is 4.29. The van der Waals surface area contributed by atoms with Crippen molar-refractivity contribution < 1.29 is 4.52 Å². The molecule has 4 heterocycles. The summed E-state index contributed by atoms with van der Waals surface area (Å²) in [6, 6.07) is 7.73. The first-order chi connectivity index (χ1) is 12.7. The van der Waals surface area contributed by atoms with Crippen LogP contribution in [0.4, 0.5) is 29.0 Å². The number of nitrogens with two attached hydrogens (primary N) is 1. The summed E-state index contributed by atoms with van der Waals surface area (Å²) in [7, 11) is 0. The normalized spacial score (nSPS) is 14.5. The lowest BCUT2D eigenvalue weighted by molar-refractivity contribution is 0.400. The summed E-state index contributed by atoms with van der Waals surface area (Å²) < 4.78 is 5.06. The van der Waals surface area contributed by atoms with E-state index in [-0.39, 0.29) is 0 Å². The minimum absolute atomic E-state index is 0.499. The van der Waals surface area contributed by atoms with E-state index in [4.69, 9.17) is 10.3 Å². The fraction of sp³-hybridized carbons (Fsp3) is 0.294. The summed E-state index contributed by atoms with van der Waals surface area (Å²) in [4.78, 5) is 17.4. The third kappa shape index (κ3) is 3.23. The topological polar surface area (TPSA) is 109 Å². The number of aryl methyl sites for hydroxylation is 1. The van der Waals surface area contributed by atoms with Crippen LogP contribution < -0.4 is 20.9 Å². The second kappa shape index (κ2) is 6.87. The average molecular weight is 352 g/mol. The largest absolute Gasteiger partial charge is 0.393 e. The standard InChI is InChI=1S/C17H20N8O/c1-12-10-13(23-26-12)22-16-15(18)17(21-11-20-16)25-8-6-24(7-9-25)14-4-2-3-5-19-14/h2-5,10-11H,6-9,18H2,1H3,(H,20,21,22,23). The first kappa shape index (κ1) is 16.1. The van der Waals surface area contributed by atoms with Gasteiger partial charge >= 0.3 is 0 Å². The summed E-state index contributed by atoms with van der Waals surface area (Å²) in [5.41, 5.74) is 6.80. The minimum Gasteiger partial charge on any atom is -0.393 e. The van der Waals surface area contributed by atoms with Gasteiger partial charge in [-0.05, 0) is 19.1 Å². The maximum Gasteiger partial charge on any atom is 0.175 e. The Morgan fingerprint density at radius 3 is 2.58 bits per heavy atom. The summed E-state index contributed by atoms with van der Waals surface area (Å²) in [5.74, 6) is 3.52. The monoisotopic (exact) mass is 352 g/mol. The number of piperazine rings is 1. The molecule has 0 atom stereocenters. The molecule has 1 aliphatic heterocycles. The van der Waals surface area contributed by atoms with Crippen LogP contribution in [0.25, 0.3) is 0 Å². The van der Waals surface area contributed by atoms with Crippen LogP contribution in [0.2, 0.25) is 0 Å².